The van der Waals surface area contributed by atoms with Gasteiger partial charge in [-0.2, -0.15) is 0 Å². The zero-order valence-electron chi connectivity index (χ0n) is 10.3. The van der Waals surface area contributed by atoms with E-state index in [1.54, 1.807) is 18.3 Å². The molecule has 0 radical (unpaired) electrons. The van der Waals surface area contributed by atoms with Crippen LogP contribution in [0.3, 0.4) is 0 Å². The van der Waals surface area contributed by atoms with Gasteiger partial charge in [-0.25, -0.2) is 4.98 Å². The van der Waals surface area contributed by atoms with E-state index in [-0.39, 0.29) is 5.69 Å². The number of anilines is 1. The van der Waals surface area contributed by atoms with Crippen LogP contribution >= 0.6 is 0 Å². The quantitative estimate of drug-likeness (QED) is 0.649. The van der Waals surface area contributed by atoms with Gasteiger partial charge < -0.3 is 10.6 Å². The number of nitro benzene ring substituents is 1. The fraction of sp³-hybridized carbons (Fsp3) is 0.308. The van der Waals surface area contributed by atoms with Crippen LogP contribution in [0.4, 0.5) is 11.4 Å². The summed E-state index contributed by atoms with van der Waals surface area (Å²) in [5.74, 6) is 0. The molecule has 3 rings (SSSR count). The maximum absolute atomic E-state index is 11.0. The third-order valence-corrected chi connectivity index (χ3v) is 3.37. The number of non-ortho nitro benzene ring substituents is 1. The molecule has 0 aliphatic carbocycles. The molecule has 1 aliphatic heterocycles. The highest BCUT2D eigenvalue weighted by molar-refractivity contribution is 5.97. The van der Waals surface area contributed by atoms with Gasteiger partial charge in [-0.15, -0.1) is 0 Å². The van der Waals surface area contributed by atoms with E-state index in [0.29, 0.717) is 11.6 Å². The van der Waals surface area contributed by atoms with Gasteiger partial charge in [0.1, 0.15) is 5.52 Å². The highest BCUT2D eigenvalue weighted by Gasteiger charge is 2.18. The second kappa shape index (κ2) is 4.81. The summed E-state index contributed by atoms with van der Waals surface area (Å²) in [4.78, 5) is 14.8. The zero-order chi connectivity index (χ0) is 13.2. The van der Waals surface area contributed by atoms with E-state index in [2.05, 4.69) is 15.6 Å². The summed E-state index contributed by atoms with van der Waals surface area (Å²) >= 11 is 0. The number of nitrogens with one attached hydrogen (secondary N) is 2. The van der Waals surface area contributed by atoms with Crippen LogP contribution < -0.4 is 10.6 Å². The lowest BCUT2D eigenvalue weighted by molar-refractivity contribution is -0.383. The van der Waals surface area contributed by atoms with Crippen LogP contribution in [0.15, 0.2) is 30.5 Å². The van der Waals surface area contributed by atoms with Gasteiger partial charge in [-0.1, -0.05) is 0 Å². The Balaban J connectivity index is 2.05. The molecule has 0 amide bonds. The summed E-state index contributed by atoms with van der Waals surface area (Å²) in [5.41, 5.74) is 1.39. The molecule has 0 spiro atoms. The third kappa shape index (κ3) is 2.22. The van der Waals surface area contributed by atoms with Crippen LogP contribution in [0.5, 0.6) is 0 Å². The molecule has 1 atom stereocenters. The molecular weight excluding hydrogens is 244 g/mol. The number of hydrogen-bond acceptors (Lipinski definition) is 5. The molecule has 2 heterocycles. The lowest BCUT2D eigenvalue weighted by Gasteiger charge is -2.14. The molecule has 6 nitrogen and oxygen atoms in total. The molecule has 0 bridgehead atoms. The predicted molar refractivity (Wildman–Crippen MR) is 73.3 cm³/mol. The first-order chi connectivity index (χ1) is 9.25. The number of nitro groups is 1. The molecule has 1 aromatic carbocycles. The maximum Gasteiger partial charge on any atom is 0.295 e. The molecule has 1 aromatic heterocycles. The molecule has 6 heteroatoms. The van der Waals surface area contributed by atoms with Crippen LogP contribution in [0.25, 0.3) is 10.9 Å². The lowest BCUT2D eigenvalue weighted by Crippen LogP contribution is -2.22. The average molecular weight is 258 g/mol. The summed E-state index contributed by atoms with van der Waals surface area (Å²) in [6.45, 7) is 1.92. The number of nitrogens with zero attached hydrogens (tertiary/aromatic N) is 2. The molecule has 2 aromatic rings. The molecule has 1 unspecified atom stereocenters. The second-order valence-corrected chi connectivity index (χ2v) is 4.62. The van der Waals surface area contributed by atoms with E-state index in [9.17, 15) is 10.1 Å². The van der Waals surface area contributed by atoms with E-state index in [0.717, 1.165) is 30.6 Å². The largest absolute Gasteiger partial charge is 0.380 e. The van der Waals surface area contributed by atoms with Gasteiger partial charge in [-0.05, 0) is 31.2 Å². The van der Waals surface area contributed by atoms with Crippen molar-refractivity contribution < 1.29 is 4.92 Å². The highest BCUT2D eigenvalue weighted by Crippen LogP contribution is 2.30. The van der Waals surface area contributed by atoms with Crippen molar-refractivity contribution in [1.82, 2.24) is 10.3 Å². The number of benzene rings is 1. The zero-order valence-corrected chi connectivity index (χ0v) is 10.3. The van der Waals surface area contributed by atoms with Crippen molar-refractivity contribution in [2.24, 2.45) is 0 Å². The van der Waals surface area contributed by atoms with Crippen molar-refractivity contribution in [3.8, 4) is 0 Å². The van der Waals surface area contributed by atoms with E-state index < -0.39 is 4.92 Å². The summed E-state index contributed by atoms with van der Waals surface area (Å²) in [5, 5.41) is 18.5. The first-order valence-electron chi connectivity index (χ1n) is 6.25. The summed E-state index contributed by atoms with van der Waals surface area (Å²) in [7, 11) is 0. The molecular formula is C13H14N4O2. The topological polar surface area (TPSA) is 80.1 Å². The number of pyridine rings is 1. The normalized spacial score (nSPS) is 18.6. The van der Waals surface area contributed by atoms with E-state index in [1.807, 2.05) is 6.07 Å². The standard InChI is InChI=1S/C13H14N4O2/c18-17(19)12-4-3-11(16-9-5-7-14-8-9)10-2-1-6-15-13(10)12/h1-4,6,9,14,16H,5,7-8H2. The van der Waals surface area contributed by atoms with Gasteiger partial charge in [0.15, 0.2) is 0 Å². The number of rotatable bonds is 3. The molecule has 98 valence electrons. The average Bonchev–Trinajstić information content (AvgIpc) is 2.91. The van der Waals surface area contributed by atoms with E-state index >= 15 is 0 Å². The Labute approximate surface area is 110 Å². The van der Waals surface area contributed by atoms with Crippen LogP contribution in [-0.4, -0.2) is 29.0 Å². The fourth-order valence-electron chi connectivity index (χ4n) is 2.43. The minimum Gasteiger partial charge on any atom is -0.380 e. The molecule has 0 saturated carbocycles. The Morgan fingerprint density at radius 1 is 1.42 bits per heavy atom. The van der Waals surface area contributed by atoms with Crippen LogP contribution in [0, 0.1) is 10.1 Å². The number of fused-ring (bicyclic) bond motifs is 1. The smallest absolute Gasteiger partial charge is 0.295 e. The summed E-state index contributed by atoms with van der Waals surface area (Å²) in [6, 6.07) is 7.30. The Kier molecular flexibility index (Phi) is 3.00. The van der Waals surface area contributed by atoms with Gasteiger partial charge >= 0.3 is 0 Å². The Morgan fingerprint density at radius 2 is 2.32 bits per heavy atom. The number of hydrogen-bond donors (Lipinski definition) is 2. The molecule has 2 N–H and O–H groups in total. The SMILES string of the molecule is O=[N+]([O-])c1ccc(NC2CCNC2)c2cccnc12. The molecule has 19 heavy (non-hydrogen) atoms. The Bertz CT molecular complexity index is 623. The van der Waals surface area contributed by atoms with Crippen LogP contribution in [0.2, 0.25) is 0 Å². The second-order valence-electron chi connectivity index (χ2n) is 4.62. The first-order valence-corrected chi connectivity index (χ1v) is 6.25. The maximum atomic E-state index is 11.0. The fourth-order valence-corrected chi connectivity index (χ4v) is 2.43. The lowest BCUT2D eigenvalue weighted by atomic mass is 10.1. The van der Waals surface area contributed by atoms with Gasteiger partial charge in [0.2, 0.25) is 0 Å². The van der Waals surface area contributed by atoms with Gasteiger partial charge in [-0.3, -0.25) is 10.1 Å². The van der Waals surface area contributed by atoms with Gasteiger partial charge in [0.05, 0.1) is 4.92 Å². The van der Waals surface area contributed by atoms with Crippen molar-refractivity contribution in [2.45, 2.75) is 12.5 Å². The van der Waals surface area contributed by atoms with Crippen molar-refractivity contribution in [3.63, 3.8) is 0 Å². The molecule has 1 saturated heterocycles. The summed E-state index contributed by atoms with van der Waals surface area (Å²) in [6.07, 6.45) is 2.63. The van der Waals surface area contributed by atoms with Gasteiger partial charge in [0, 0.05) is 35.9 Å². The highest BCUT2D eigenvalue weighted by atomic mass is 16.6. The monoisotopic (exact) mass is 258 g/mol. The van der Waals surface area contributed by atoms with E-state index in [4.69, 9.17) is 0 Å². The van der Waals surface area contributed by atoms with Gasteiger partial charge in [0.25, 0.3) is 5.69 Å². The number of aromatic nitrogens is 1. The molecule has 1 fully saturated rings. The first kappa shape index (κ1) is 11.9. The molecule has 1 aliphatic rings. The van der Waals surface area contributed by atoms with Crippen molar-refractivity contribution >= 4 is 22.3 Å². The van der Waals surface area contributed by atoms with E-state index in [1.165, 1.54) is 6.07 Å². The Morgan fingerprint density at radius 3 is 3.05 bits per heavy atom. The predicted octanol–water partition coefficient (Wildman–Crippen LogP) is 1.92. The van der Waals surface area contributed by atoms with Crippen LogP contribution in [0.1, 0.15) is 6.42 Å². The minimum absolute atomic E-state index is 0.0469. The third-order valence-electron chi connectivity index (χ3n) is 3.37. The van der Waals surface area contributed by atoms with Crippen molar-refractivity contribution in [2.75, 3.05) is 18.4 Å². The van der Waals surface area contributed by atoms with Crippen molar-refractivity contribution in [1.29, 1.82) is 0 Å². The van der Waals surface area contributed by atoms with Crippen molar-refractivity contribution in [3.05, 3.63) is 40.6 Å². The minimum atomic E-state index is -0.393. The Hall–Kier alpha value is -2.21. The summed E-state index contributed by atoms with van der Waals surface area (Å²) < 4.78 is 0. The van der Waals surface area contributed by atoms with Crippen LogP contribution in [-0.2, 0) is 0 Å².